The number of nitrogens with one attached hydrogen (secondary N) is 1. The fourth-order valence-electron chi connectivity index (χ4n) is 3.24. The molecule has 0 spiro atoms. The second-order valence-corrected chi connectivity index (χ2v) is 6.67. The number of nitrogens with zero attached hydrogens (tertiary/aromatic N) is 2. The number of aromatic nitrogens is 2. The van der Waals surface area contributed by atoms with Crippen molar-refractivity contribution in [2.75, 3.05) is 6.54 Å². The molecule has 1 heterocycles. The van der Waals surface area contributed by atoms with Gasteiger partial charge < -0.3 is 9.84 Å². The maximum Gasteiger partial charge on any atom is 0.232 e. The molecular weight excluding hydrogens is 362 g/mol. The van der Waals surface area contributed by atoms with E-state index in [1.807, 2.05) is 91.0 Å². The maximum absolute atomic E-state index is 13.0. The van der Waals surface area contributed by atoms with Crippen molar-refractivity contribution in [2.45, 2.75) is 12.3 Å². The van der Waals surface area contributed by atoms with Crippen molar-refractivity contribution < 1.29 is 9.32 Å². The lowest BCUT2D eigenvalue weighted by atomic mass is 9.90. The third-order valence-electron chi connectivity index (χ3n) is 4.67. The molecule has 3 aromatic carbocycles. The van der Waals surface area contributed by atoms with Gasteiger partial charge in [0.05, 0.1) is 5.92 Å². The van der Waals surface area contributed by atoms with Crippen molar-refractivity contribution in [2.24, 2.45) is 0 Å². The van der Waals surface area contributed by atoms with Crippen LogP contribution in [0.1, 0.15) is 22.9 Å². The number of hydrogen-bond donors (Lipinski definition) is 1. The molecule has 144 valence electrons. The normalized spacial score (nSPS) is 10.8. The first-order valence-corrected chi connectivity index (χ1v) is 9.57. The van der Waals surface area contributed by atoms with Gasteiger partial charge in [-0.2, -0.15) is 4.98 Å². The van der Waals surface area contributed by atoms with E-state index in [1.54, 1.807) is 0 Å². The minimum Gasteiger partial charge on any atom is -0.355 e. The monoisotopic (exact) mass is 383 g/mol. The van der Waals surface area contributed by atoms with E-state index in [9.17, 15) is 4.79 Å². The molecule has 1 amide bonds. The highest BCUT2D eigenvalue weighted by Crippen LogP contribution is 2.24. The largest absolute Gasteiger partial charge is 0.355 e. The number of carbonyl (C=O) groups is 1. The Hall–Kier alpha value is -3.73. The lowest BCUT2D eigenvalue weighted by Crippen LogP contribution is -2.31. The average molecular weight is 383 g/mol. The summed E-state index contributed by atoms with van der Waals surface area (Å²) in [5.41, 5.74) is 2.82. The summed E-state index contributed by atoms with van der Waals surface area (Å²) >= 11 is 0. The number of hydrogen-bond acceptors (Lipinski definition) is 4. The molecule has 0 aliphatic heterocycles. The molecular formula is C24H21N3O2. The molecule has 0 bridgehead atoms. The van der Waals surface area contributed by atoms with E-state index < -0.39 is 0 Å². The Morgan fingerprint density at radius 2 is 1.38 bits per heavy atom. The van der Waals surface area contributed by atoms with Gasteiger partial charge in [-0.3, -0.25) is 4.79 Å². The number of amides is 1. The summed E-state index contributed by atoms with van der Waals surface area (Å²) in [6.45, 7) is 0.422. The van der Waals surface area contributed by atoms with E-state index in [0.717, 1.165) is 16.7 Å². The smallest absolute Gasteiger partial charge is 0.232 e. The highest BCUT2D eigenvalue weighted by Gasteiger charge is 2.22. The first kappa shape index (κ1) is 18.6. The molecule has 0 unspecified atom stereocenters. The summed E-state index contributed by atoms with van der Waals surface area (Å²) in [5, 5.41) is 7.03. The Kier molecular flexibility index (Phi) is 5.76. The molecule has 0 saturated carbocycles. The van der Waals surface area contributed by atoms with Gasteiger partial charge in [-0.25, -0.2) is 0 Å². The standard InChI is InChI=1S/C24H21N3O2/c28-24(22(18-10-4-1-5-11-18)19-12-6-2-7-13-19)25-17-16-21-26-23(27-29-21)20-14-8-3-9-15-20/h1-15,22H,16-17H2,(H,25,28). The molecule has 0 aliphatic carbocycles. The molecule has 5 heteroatoms. The number of rotatable bonds is 7. The van der Waals surface area contributed by atoms with Crippen LogP contribution in [0, 0.1) is 0 Å². The summed E-state index contributed by atoms with van der Waals surface area (Å²) < 4.78 is 5.32. The van der Waals surface area contributed by atoms with Gasteiger partial charge in [0.25, 0.3) is 0 Å². The Bertz CT molecular complexity index is 1010. The summed E-state index contributed by atoms with van der Waals surface area (Å²) in [7, 11) is 0. The topological polar surface area (TPSA) is 68.0 Å². The minimum absolute atomic E-state index is 0.0507. The zero-order chi connectivity index (χ0) is 19.9. The molecule has 1 N–H and O–H groups in total. The van der Waals surface area contributed by atoms with Crippen LogP contribution in [0.4, 0.5) is 0 Å². The average Bonchev–Trinajstić information content (AvgIpc) is 3.25. The van der Waals surface area contributed by atoms with Crippen LogP contribution in [0.15, 0.2) is 95.5 Å². The number of carbonyl (C=O) groups excluding carboxylic acids is 1. The minimum atomic E-state index is -0.361. The SMILES string of the molecule is O=C(NCCc1nc(-c2ccccc2)no1)C(c1ccccc1)c1ccccc1. The third-order valence-corrected chi connectivity index (χ3v) is 4.67. The molecule has 4 rings (SSSR count). The Labute approximate surface area is 169 Å². The molecule has 0 saturated heterocycles. The van der Waals surface area contributed by atoms with Gasteiger partial charge in [0.2, 0.25) is 17.6 Å². The van der Waals surface area contributed by atoms with Crippen LogP contribution in [0.2, 0.25) is 0 Å². The quantitative estimate of drug-likeness (QED) is 0.519. The Morgan fingerprint density at radius 3 is 1.97 bits per heavy atom. The highest BCUT2D eigenvalue weighted by molar-refractivity contribution is 5.87. The predicted octanol–water partition coefficient (Wildman–Crippen LogP) is 4.23. The zero-order valence-corrected chi connectivity index (χ0v) is 15.9. The van der Waals surface area contributed by atoms with Crippen molar-refractivity contribution in [1.29, 1.82) is 0 Å². The van der Waals surface area contributed by atoms with Crippen LogP contribution in [0.5, 0.6) is 0 Å². The van der Waals surface area contributed by atoms with Gasteiger partial charge in [-0.15, -0.1) is 0 Å². The maximum atomic E-state index is 13.0. The van der Waals surface area contributed by atoms with Gasteiger partial charge >= 0.3 is 0 Å². The lowest BCUT2D eigenvalue weighted by Gasteiger charge is -2.17. The van der Waals surface area contributed by atoms with Crippen LogP contribution in [-0.2, 0) is 11.2 Å². The first-order valence-electron chi connectivity index (χ1n) is 9.57. The third kappa shape index (κ3) is 4.58. The van der Waals surface area contributed by atoms with E-state index in [-0.39, 0.29) is 11.8 Å². The molecule has 0 radical (unpaired) electrons. The lowest BCUT2D eigenvalue weighted by molar-refractivity contribution is -0.121. The first-order chi connectivity index (χ1) is 14.3. The summed E-state index contributed by atoms with van der Waals surface area (Å²) in [4.78, 5) is 17.4. The van der Waals surface area contributed by atoms with Crippen LogP contribution < -0.4 is 5.32 Å². The van der Waals surface area contributed by atoms with Crippen LogP contribution in [0.3, 0.4) is 0 Å². The van der Waals surface area contributed by atoms with E-state index in [0.29, 0.717) is 24.7 Å². The molecule has 5 nitrogen and oxygen atoms in total. The van der Waals surface area contributed by atoms with Crippen molar-refractivity contribution in [3.8, 4) is 11.4 Å². The zero-order valence-electron chi connectivity index (χ0n) is 15.9. The highest BCUT2D eigenvalue weighted by atomic mass is 16.5. The Balaban J connectivity index is 1.42. The molecule has 1 aromatic heterocycles. The molecule has 0 fully saturated rings. The summed E-state index contributed by atoms with van der Waals surface area (Å²) in [6.07, 6.45) is 0.474. The molecule has 29 heavy (non-hydrogen) atoms. The molecule has 0 aliphatic rings. The van der Waals surface area contributed by atoms with Crippen LogP contribution in [0.25, 0.3) is 11.4 Å². The summed E-state index contributed by atoms with van der Waals surface area (Å²) in [6, 6.07) is 29.2. The van der Waals surface area contributed by atoms with E-state index in [4.69, 9.17) is 4.52 Å². The molecule has 4 aromatic rings. The van der Waals surface area contributed by atoms with Crippen LogP contribution >= 0.6 is 0 Å². The summed E-state index contributed by atoms with van der Waals surface area (Å²) in [5.74, 6) is 0.642. The number of benzene rings is 3. The van der Waals surface area contributed by atoms with E-state index in [1.165, 1.54) is 0 Å². The fraction of sp³-hybridized carbons (Fsp3) is 0.125. The van der Waals surface area contributed by atoms with Gasteiger partial charge in [0.1, 0.15) is 0 Å². The van der Waals surface area contributed by atoms with Crippen molar-refractivity contribution in [3.63, 3.8) is 0 Å². The molecule has 0 atom stereocenters. The van der Waals surface area contributed by atoms with Gasteiger partial charge in [0, 0.05) is 18.5 Å². The fourth-order valence-corrected chi connectivity index (χ4v) is 3.24. The van der Waals surface area contributed by atoms with Crippen molar-refractivity contribution in [3.05, 3.63) is 108 Å². The van der Waals surface area contributed by atoms with E-state index >= 15 is 0 Å². The predicted molar refractivity (Wildman–Crippen MR) is 111 cm³/mol. The van der Waals surface area contributed by atoms with Crippen molar-refractivity contribution >= 4 is 5.91 Å². The second kappa shape index (κ2) is 8.97. The Morgan fingerprint density at radius 1 is 0.828 bits per heavy atom. The van der Waals surface area contributed by atoms with Gasteiger partial charge in [-0.05, 0) is 11.1 Å². The van der Waals surface area contributed by atoms with Gasteiger partial charge in [-0.1, -0.05) is 96.2 Å². The van der Waals surface area contributed by atoms with Crippen LogP contribution in [-0.4, -0.2) is 22.6 Å². The van der Waals surface area contributed by atoms with E-state index in [2.05, 4.69) is 15.5 Å². The van der Waals surface area contributed by atoms with Gasteiger partial charge in [0.15, 0.2) is 0 Å². The van der Waals surface area contributed by atoms with Crippen molar-refractivity contribution in [1.82, 2.24) is 15.5 Å². The second-order valence-electron chi connectivity index (χ2n) is 6.67.